The van der Waals surface area contributed by atoms with E-state index in [1.54, 1.807) is 20.2 Å². The van der Waals surface area contributed by atoms with Crippen LogP contribution in [0.15, 0.2) is 63.2 Å². The van der Waals surface area contributed by atoms with Crippen LogP contribution in [0.25, 0.3) is 16.0 Å². The summed E-state index contributed by atoms with van der Waals surface area (Å²) in [6.45, 7) is 4.93. The smallest absolute Gasteiger partial charge is 0.417 e. The molecule has 0 unspecified atom stereocenters. The molecular weight excluding hydrogens is 374 g/mol. The fourth-order valence-electron chi connectivity index (χ4n) is 2.74. The average molecular weight is 398 g/mol. The van der Waals surface area contributed by atoms with E-state index in [1.165, 1.54) is 17.3 Å². The number of rotatable bonds is 7. The molecule has 0 atom stereocenters. The number of aliphatic imine (C=N–C) groups is 1. The van der Waals surface area contributed by atoms with E-state index >= 15 is 0 Å². The number of amidine groups is 1. The molecule has 0 spiro atoms. The van der Waals surface area contributed by atoms with Crippen molar-refractivity contribution in [2.24, 2.45) is 4.99 Å². The zero-order valence-corrected chi connectivity index (χ0v) is 16.8. The molecule has 0 aliphatic rings. The number of H-pyrrole nitrogens is 1. The highest BCUT2D eigenvalue weighted by Gasteiger charge is 2.08. The fraction of sp³-hybridized carbons (Fsp3) is 0.238. The fourth-order valence-corrected chi connectivity index (χ4v) is 3.48. The largest absolute Gasteiger partial charge is 0.497 e. The van der Waals surface area contributed by atoms with Gasteiger partial charge in [-0.15, -0.1) is 0 Å². The summed E-state index contributed by atoms with van der Waals surface area (Å²) < 4.78 is 10.3. The van der Waals surface area contributed by atoms with Crippen LogP contribution in [0.2, 0.25) is 0 Å². The van der Waals surface area contributed by atoms with Crippen molar-refractivity contribution < 1.29 is 9.15 Å². The van der Waals surface area contributed by atoms with E-state index < -0.39 is 5.76 Å². The lowest BCUT2D eigenvalue weighted by Crippen LogP contribution is -2.22. The van der Waals surface area contributed by atoms with Crippen LogP contribution in [0.5, 0.6) is 5.75 Å². The third-order valence-electron chi connectivity index (χ3n) is 4.24. The molecule has 1 aromatic heterocycles. The van der Waals surface area contributed by atoms with Gasteiger partial charge >= 0.3 is 5.76 Å². The molecule has 2 N–H and O–H groups in total. The molecule has 146 valence electrons. The van der Waals surface area contributed by atoms with E-state index in [2.05, 4.69) is 34.0 Å². The van der Waals surface area contributed by atoms with Gasteiger partial charge in [0.15, 0.2) is 10.8 Å². The number of ether oxygens (including phenoxy) is 1. The highest BCUT2D eigenvalue weighted by molar-refractivity contribution is 8.21. The second kappa shape index (κ2) is 9.32. The van der Waals surface area contributed by atoms with Gasteiger partial charge in [-0.05, 0) is 48.2 Å². The number of aryl methyl sites for hydroxylation is 1. The van der Waals surface area contributed by atoms with Crippen molar-refractivity contribution in [2.75, 3.05) is 20.7 Å². The lowest BCUT2D eigenvalue weighted by Gasteiger charge is -2.11. The second-order valence-corrected chi connectivity index (χ2v) is 7.24. The van der Waals surface area contributed by atoms with Gasteiger partial charge in [0.05, 0.1) is 12.6 Å². The van der Waals surface area contributed by atoms with Crippen LogP contribution >= 0.6 is 11.8 Å². The summed E-state index contributed by atoms with van der Waals surface area (Å²) in [6, 6.07) is 13.6. The summed E-state index contributed by atoms with van der Waals surface area (Å²) >= 11 is 1.46. The molecule has 28 heavy (non-hydrogen) atoms. The monoisotopic (exact) mass is 397 g/mol. The first-order valence-electron chi connectivity index (χ1n) is 8.92. The molecule has 6 nitrogen and oxygen atoms in total. The van der Waals surface area contributed by atoms with Gasteiger partial charge in [-0.25, -0.2) is 4.79 Å². The molecule has 0 saturated carbocycles. The third kappa shape index (κ3) is 5.07. The van der Waals surface area contributed by atoms with Gasteiger partial charge < -0.3 is 14.5 Å². The van der Waals surface area contributed by atoms with Gasteiger partial charge in [0, 0.05) is 18.5 Å². The molecule has 0 aliphatic heterocycles. The Kier molecular flexibility index (Phi) is 6.60. The Morgan fingerprint density at radius 3 is 2.79 bits per heavy atom. The van der Waals surface area contributed by atoms with Gasteiger partial charge in [-0.2, -0.15) is 0 Å². The first-order chi connectivity index (χ1) is 13.6. The third-order valence-corrected chi connectivity index (χ3v) is 5.25. The van der Waals surface area contributed by atoms with E-state index in [0.717, 1.165) is 40.8 Å². The zero-order valence-electron chi connectivity index (χ0n) is 16.0. The quantitative estimate of drug-likeness (QED) is 0.357. The minimum absolute atomic E-state index is 0.459. The molecule has 0 fully saturated rings. The molecule has 2 aromatic carbocycles. The Morgan fingerprint density at radius 1 is 1.29 bits per heavy atom. The standard InChI is InChI=1S/C21H23N3O3S/c1-14(16-8-11-18-19(13-16)27-21(25)24-18)28-20(22-2)23-12-4-5-15-6-9-17(26-3)10-7-15/h6-11,13H,1,4-5,12H2,2-3H3,(H,22,23)(H,24,25). The summed E-state index contributed by atoms with van der Waals surface area (Å²) in [4.78, 5) is 19.0. The second-order valence-electron chi connectivity index (χ2n) is 6.16. The summed E-state index contributed by atoms with van der Waals surface area (Å²) in [7, 11) is 3.42. The number of aromatic nitrogens is 1. The number of methoxy groups -OCH3 is 1. The average Bonchev–Trinajstić information content (AvgIpc) is 3.09. The van der Waals surface area contributed by atoms with E-state index in [-0.39, 0.29) is 0 Å². The maximum absolute atomic E-state index is 11.3. The maximum Gasteiger partial charge on any atom is 0.417 e. The Labute approximate surface area is 167 Å². The van der Waals surface area contributed by atoms with Gasteiger partial charge in [-0.1, -0.05) is 36.5 Å². The van der Waals surface area contributed by atoms with Crippen LogP contribution in [0, 0.1) is 0 Å². The minimum Gasteiger partial charge on any atom is -0.497 e. The van der Waals surface area contributed by atoms with Crippen LogP contribution in [0.3, 0.4) is 0 Å². The van der Waals surface area contributed by atoms with Crippen molar-refractivity contribution in [1.82, 2.24) is 10.3 Å². The van der Waals surface area contributed by atoms with Crippen molar-refractivity contribution in [3.63, 3.8) is 0 Å². The normalized spacial score (nSPS) is 11.6. The Morgan fingerprint density at radius 2 is 2.07 bits per heavy atom. The van der Waals surface area contributed by atoms with Gasteiger partial charge in [0.2, 0.25) is 0 Å². The number of fused-ring (bicyclic) bond motifs is 1. The van der Waals surface area contributed by atoms with Crippen molar-refractivity contribution in [1.29, 1.82) is 0 Å². The molecule has 3 rings (SSSR count). The van der Waals surface area contributed by atoms with E-state index in [0.29, 0.717) is 11.1 Å². The summed E-state index contributed by atoms with van der Waals surface area (Å²) in [6.07, 6.45) is 1.96. The van der Waals surface area contributed by atoms with Gasteiger partial charge in [0.25, 0.3) is 0 Å². The molecular formula is C21H23N3O3S. The number of nitrogens with zero attached hydrogens (tertiary/aromatic N) is 1. The molecule has 0 amide bonds. The number of hydrogen-bond acceptors (Lipinski definition) is 5. The Bertz CT molecular complexity index is 1030. The topological polar surface area (TPSA) is 79.6 Å². The first kappa shape index (κ1) is 19.8. The summed E-state index contributed by atoms with van der Waals surface area (Å²) in [5.41, 5.74) is 3.36. The zero-order chi connectivity index (χ0) is 19.9. The van der Waals surface area contributed by atoms with Crippen LogP contribution in [0.1, 0.15) is 17.5 Å². The molecule has 0 bridgehead atoms. The number of hydrogen-bond donors (Lipinski definition) is 2. The molecule has 0 saturated heterocycles. The van der Waals surface area contributed by atoms with Crippen LogP contribution < -0.4 is 15.8 Å². The van der Waals surface area contributed by atoms with E-state index in [9.17, 15) is 4.79 Å². The molecule has 0 aliphatic carbocycles. The summed E-state index contributed by atoms with van der Waals surface area (Å²) in [5, 5.41) is 4.15. The van der Waals surface area contributed by atoms with Crippen LogP contribution in [-0.2, 0) is 6.42 Å². The van der Waals surface area contributed by atoms with Crippen molar-refractivity contribution >= 4 is 32.9 Å². The highest BCUT2D eigenvalue weighted by atomic mass is 32.2. The van der Waals surface area contributed by atoms with Crippen molar-refractivity contribution in [3.05, 3.63) is 70.7 Å². The van der Waals surface area contributed by atoms with Crippen molar-refractivity contribution in [2.45, 2.75) is 12.8 Å². The Balaban J connectivity index is 1.50. The highest BCUT2D eigenvalue weighted by Crippen LogP contribution is 2.28. The molecule has 3 aromatic rings. The molecule has 1 heterocycles. The van der Waals surface area contributed by atoms with E-state index in [1.807, 2.05) is 24.3 Å². The molecule has 7 heteroatoms. The molecule has 0 radical (unpaired) electrons. The van der Waals surface area contributed by atoms with E-state index in [4.69, 9.17) is 9.15 Å². The Hall–Kier alpha value is -2.93. The number of thioether (sulfide) groups is 1. The van der Waals surface area contributed by atoms with Crippen LogP contribution in [0.4, 0.5) is 0 Å². The predicted octanol–water partition coefficient (Wildman–Crippen LogP) is 4.04. The minimum atomic E-state index is -0.459. The van der Waals surface area contributed by atoms with Crippen LogP contribution in [-0.4, -0.2) is 30.9 Å². The van der Waals surface area contributed by atoms with Gasteiger partial charge in [-0.3, -0.25) is 9.98 Å². The van der Waals surface area contributed by atoms with Gasteiger partial charge in [0.1, 0.15) is 5.75 Å². The lowest BCUT2D eigenvalue weighted by atomic mass is 10.1. The van der Waals surface area contributed by atoms with Crippen molar-refractivity contribution in [3.8, 4) is 5.75 Å². The summed E-state index contributed by atoms with van der Waals surface area (Å²) in [5.74, 6) is 0.411. The number of nitrogens with one attached hydrogen (secondary N) is 2. The first-order valence-corrected chi connectivity index (χ1v) is 9.74. The lowest BCUT2D eigenvalue weighted by molar-refractivity contribution is 0.414. The predicted molar refractivity (Wildman–Crippen MR) is 116 cm³/mol. The number of benzene rings is 2. The maximum atomic E-state index is 11.3. The SMILES string of the molecule is C=C(SC(=NC)NCCCc1ccc(OC)cc1)c1ccc2[nH]c(=O)oc2c1. The number of oxazole rings is 1. The number of aromatic amines is 1.